The molecule has 0 amide bonds. The molecule has 0 aromatic carbocycles. The molecule has 2 heterocycles. The molecule has 2 rings (SSSR count). The van der Waals surface area contributed by atoms with E-state index < -0.39 is 5.97 Å². The van der Waals surface area contributed by atoms with Gasteiger partial charge in [-0.1, -0.05) is 11.6 Å². The van der Waals surface area contributed by atoms with Gasteiger partial charge in [-0.3, -0.25) is 9.36 Å². The summed E-state index contributed by atoms with van der Waals surface area (Å²) in [4.78, 5) is 19.1. The molecule has 0 spiro atoms. The number of fused-ring (bicyclic) bond motifs is 1. The topological polar surface area (TPSA) is 77.2 Å². The van der Waals surface area contributed by atoms with Crippen LogP contribution in [-0.2, 0) is 22.7 Å². The largest absolute Gasteiger partial charge is 0.480 e. The summed E-state index contributed by atoms with van der Waals surface area (Å²) in [6, 6.07) is 1.64. The first-order valence-electron chi connectivity index (χ1n) is 4.83. The second-order valence-corrected chi connectivity index (χ2v) is 3.87. The van der Waals surface area contributed by atoms with E-state index in [1.807, 2.05) is 0 Å². The number of carboxylic acid groups (broad SMARTS) is 1. The molecule has 1 N–H and O–H groups in total. The number of methoxy groups -OCH3 is 1. The smallest absolute Gasteiger partial charge is 0.323 e. The first-order valence-corrected chi connectivity index (χ1v) is 5.21. The van der Waals surface area contributed by atoms with Gasteiger partial charge in [-0.05, 0) is 6.07 Å². The maximum Gasteiger partial charge on any atom is 0.323 e. The predicted octanol–water partition coefficient (Wildman–Crippen LogP) is 1.32. The highest BCUT2D eigenvalue weighted by atomic mass is 35.5. The van der Waals surface area contributed by atoms with E-state index in [4.69, 9.17) is 21.4 Å². The third-order valence-corrected chi connectivity index (χ3v) is 2.40. The third-order valence-electron chi connectivity index (χ3n) is 2.20. The van der Waals surface area contributed by atoms with Gasteiger partial charge in [0.2, 0.25) is 0 Å². The maximum atomic E-state index is 10.8. The van der Waals surface area contributed by atoms with Crippen LogP contribution in [0.3, 0.4) is 0 Å². The molecule has 2 aromatic heterocycles. The number of carboxylic acids is 1. The number of aromatic nitrogens is 3. The average molecular weight is 256 g/mol. The van der Waals surface area contributed by atoms with Crippen LogP contribution < -0.4 is 0 Å². The molecule has 6 nitrogen and oxygen atoms in total. The highest BCUT2D eigenvalue weighted by Gasteiger charge is 2.14. The van der Waals surface area contributed by atoms with Gasteiger partial charge in [-0.2, -0.15) is 0 Å². The van der Waals surface area contributed by atoms with Crippen LogP contribution in [0.1, 0.15) is 5.82 Å². The van der Waals surface area contributed by atoms with Gasteiger partial charge in [0, 0.05) is 13.3 Å². The van der Waals surface area contributed by atoms with E-state index >= 15 is 0 Å². The Morgan fingerprint density at radius 2 is 2.41 bits per heavy atom. The van der Waals surface area contributed by atoms with Crippen molar-refractivity contribution in [1.82, 2.24) is 14.5 Å². The third kappa shape index (κ3) is 2.37. The van der Waals surface area contributed by atoms with Gasteiger partial charge in [0.05, 0.1) is 5.02 Å². The number of hydrogen-bond acceptors (Lipinski definition) is 4. The summed E-state index contributed by atoms with van der Waals surface area (Å²) in [6.45, 7) is 0.0189. The van der Waals surface area contributed by atoms with Gasteiger partial charge < -0.3 is 9.84 Å². The summed E-state index contributed by atoms with van der Waals surface area (Å²) < 4.78 is 6.47. The van der Waals surface area contributed by atoms with Crippen LogP contribution in [0.4, 0.5) is 0 Å². The molecule has 0 atom stereocenters. The predicted molar refractivity (Wildman–Crippen MR) is 60.9 cm³/mol. The molecule has 2 aromatic rings. The van der Waals surface area contributed by atoms with E-state index in [1.165, 1.54) is 17.9 Å². The number of imidazole rings is 1. The van der Waals surface area contributed by atoms with Gasteiger partial charge in [0.15, 0.2) is 5.65 Å². The van der Waals surface area contributed by atoms with Gasteiger partial charge in [-0.25, -0.2) is 9.97 Å². The standard InChI is InChI=1S/C10H10ClN3O3/c1-17-5-8-13-7-2-6(11)3-12-10(7)14(8)4-9(15)16/h2-3H,4-5H2,1H3,(H,15,16). The molecule has 90 valence electrons. The van der Waals surface area contributed by atoms with E-state index in [1.54, 1.807) is 6.07 Å². The summed E-state index contributed by atoms with van der Waals surface area (Å²) in [5.41, 5.74) is 1.05. The van der Waals surface area contributed by atoms with Crippen LogP contribution in [0.2, 0.25) is 5.02 Å². The van der Waals surface area contributed by atoms with Crippen molar-refractivity contribution in [2.75, 3.05) is 7.11 Å². The van der Waals surface area contributed by atoms with Crippen molar-refractivity contribution in [2.45, 2.75) is 13.2 Å². The SMILES string of the molecule is COCc1nc2cc(Cl)cnc2n1CC(=O)O. The summed E-state index contributed by atoms with van der Waals surface area (Å²) in [5.74, 6) is -0.446. The molecule has 0 unspecified atom stereocenters. The second kappa shape index (κ2) is 4.68. The van der Waals surface area contributed by atoms with Gasteiger partial charge >= 0.3 is 5.97 Å². The number of halogens is 1. The molecule has 0 aliphatic carbocycles. The number of nitrogens with zero attached hydrogens (tertiary/aromatic N) is 3. The Hall–Kier alpha value is -1.66. The van der Waals surface area contributed by atoms with Crippen LogP contribution in [0.15, 0.2) is 12.3 Å². The minimum absolute atomic E-state index is 0.205. The lowest BCUT2D eigenvalue weighted by Crippen LogP contribution is -2.12. The van der Waals surface area contributed by atoms with Crippen LogP contribution in [0, 0.1) is 0 Å². The van der Waals surface area contributed by atoms with Gasteiger partial charge in [-0.15, -0.1) is 0 Å². The highest BCUT2D eigenvalue weighted by molar-refractivity contribution is 6.31. The Morgan fingerprint density at radius 1 is 1.65 bits per heavy atom. The molecule has 0 radical (unpaired) electrons. The monoisotopic (exact) mass is 255 g/mol. The van der Waals surface area contributed by atoms with Gasteiger partial charge in [0.25, 0.3) is 0 Å². The van der Waals surface area contributed by atoms with E-state index in [-0.39, 0.29) is 13.2 Å². The van der Waals surface area contributed by atoms with Crippen molar-refractivity contribution >= 4 is 28.7 Å². The number of rotatable bonds is 4. The van der Waals surface area contributed by atoms with Crippen LogP contribution >= 0.6 is 11.6 Å². The Labute approximate surface area is 102 Å². The molecule has 7 heteroatoms. The lowest BCUT2D eigenvalue weighted by molar-refractivity contribution is -0.137. The van der Waals surface area contributed by atoms with E-state index in [2.05, 4.69) is 9.97 Å². The Kier molecular flexibility index (Phi) is 3.26. The molecular formula is C10H10ClN3O3. The lowest BCUT2D eigenvalue weighted by atomic mass is 10.4. The van der Waals surface area contributed by atoms with Crippen molar-refractivity contribution in [2.24, 2.45) is 0 Å². The number of pyridine rings is 1. The molecule has 17 heavy (non-hydrogen) atoms. The minimum Gasteiger partial charge on any atom is -0.480 e. The molecule has 0 bridgehead atoms. The number of hydrogen-bond donors (Lipinski definition) is 1. The fourth-order valence-corrected chi connectivity index (χ4v) is 1.73. The molecule has 0 saturated carbocycles. The maximum absolute atomic E-state index is 10.8. The second-order valence-electron chi connectivity index (χ2n) is 3.44. The zero-order chi connectivity index (χ0) is 12.4. The fraction of sp³-hybridized carbons (Fsp3) is 0.300. The Bertz CT molecular complexity index is 567. The molecular weight excluding hydrogens is 246 g/mol. The normalized spacial score (nSPS) is 10.9. The number of ether oxygens (including phenoxy) is 1. The first kappa shape index (κ1) is 11.8. The molecule has 0 aliphatic rings. The summed E-state index contributed by atoms with van der Waals surface area (Å²) >= 11 is 5.80. The highest BCUT2D eigenvalue weighted by Crippen LogP contribution is 2.18. The van der Waals surface area contributed by atoms with Crippen molar-refractivity contribution in [3.8, 4) is 0 Å². The average Bonchev–Trinajstić information content (AvgIpc) is 2.56. The number of carbonyl (C=O) groups is 1. The van der Waals surface area contributed by atoms with Crippen molar-refractivity contribution in [3.05, 3.63) is 23.1 Å². The summed E-state index contributed by atoms with van der Waals surface area (Å²) in [6.07, 6.45) is 1.46. The van der Waals surface area contributed by atoms with Crippen molar-refractivity contribution < 1.29 is 14.6 Å². The quantitative estimate of drug-likeness (QED) is 0.891. The zero-order valence-electron chi connectivity index (χ0n) is 9.05. The fourth-order valence-electron chi connectivity index (χ4n) is 1.57. The minimum atomic E-state index is -0.960. The molecule has 0 aliphatic heterocycles. The first-order chi connectivity index (χ1) is 8.11. The van der Waals surface area contributed by atoms with E-state index in [0.717, 1.165) is 0 Å². The van der Waals surface area contributed by atoms with Crippen LogP contribution in [-0.4, -0.2) is 32.7 Å². The van der Waals surface area contributed by atoms with Crippen LogP contribution in [0.5, 0.6) is 0 Å². The summed E-state index contributed by atoms with van der Waals surface area (Å²) in [5, 5.41) is 9.31. The van der Waals surface area contributed by atoms with E-state index in [9.17, 15) is 4.79 Å². The zero-order valence-corrected chi connectivity index (χ0v) is 9.81. The van der Waals surface area contributed by atoms with Crippen molar-refractivity contribution in [3.63, 3.8) is 0 Å². The summed E-state index contributed by atoms with van der Waals surface area (Å²) in [7, 11) is 1.52. The van der Waals surface area contributed by atoms with E-state index in [0.29, 0.717) is 22.0 Å². The number of aliphatic carboxylic acids is 1. The molecule has 0 saturated heterocycles. The Balaban J connectivity index is 2.57. The van der Waals surface area contributed by atoms with Crippen LogP contribution in [0.25, 0.3) is 11.2 Å². The van der Waals surface area contributed by atoms with Gasteiger partial charge in [0.1, 0.15) is 24.5 Å². The molecule has 0 fully saturated rings. The van der Waals surface area contributed by atoms with Crippen molar-refractivity contribution in [1.29, 1.82) is 0 Å². The Morgan fingerprint density at radius 3 is 3.06 bits per heavy atom. The lowest BCUT2D eigenvalue weighted by Gasteiger charge is -2.04.